The van der Waals surface area contributed by atoms with Crippen molar-refractivity contribution < 1.29 is 8.42 Å². The van der Waals surface area contributed by atoms with Crippen molar-refractivity contribution in [3.05, 3.63) is 0 Å². The van der Waals surface area contributed by atoms with E-state index in [-0.39, 0.29) is 5.75 Å². The SMILES string of the molecule is CC1(C)C2CCC(CS(N)(=O)=O)C1C2. The van der Waals surface area contributed by atoms with Gasteiger partial charge in [0.05, 0.1) is 5.75 Å². The van der Waals surface area contributed by atoms with Crippen LogP contribution in [0.2, 0.25) is 0 Å². The first-order valence-corrected chi connectivity index (χ1v) is 7.03. The van der Waals surface area contributed by atoms with Crippen molar-refractivity contribution in [2.24, 2.45) is 28.3 Å². The molecule has 3 nitrogen and oxygen atoms in total. The van der Waals surface area contributed by atoms with E-state index in [1.165, 1.54) is 12.8 Å². The summed E-state index contributed by atoms with van der Waals surface area (Å²) in [5.74, 6) is 1.90. The highest BCUT2D eigenvalue weighted by Gasteiger charge is 2.54. The number of fused-ring (bicyclic) bond motifs is 2. The molecule has 82 valence electrons. The van der Waals surface area contributed by atoms with E-state index >= 15 is 0 Å². The van der Waals surface area contributed by atoms with Gasteiger partial charge in [-0.15, -0.1) is 0 Å². The lowest BCUT2D eigenvalue weighted by Crippen LogP contribution is -2.54. The lowest BCUT2D eigenvalue weighted by molar-refractivity contribution is -0.0977. The molecule has 0 aromatic heterocycles. The largest absolute Gasteiger partial charge is 0.229 e. The number of hydrogen-bond donors (Lipinski definition) is 1. The fourth-order valence-corrected chi connectivity index (χ4v) is 4.46. The van der Waals surface area contributed by atoms with Gasteiger partial charge in [0, 0.05) is 0 Å². The van der Waals surface area contributed by atoms with Gasteiger partial charge < -0.3 is 0 Å². The molecule has 14 heavy (non-hydrogen) atoms. The van der Waals surface area contributed by atoms with Gasteiger partial charge in [-0.2, -0.15) is 0 Å². The third kappa shape index (κ3) is 1.58. The summed E-state index contributed by atoms with van der Waals surface area (Å²) >= 11 is 0. The summed E-state index contributed by atoms with van der Waals surface area (Å²) in [6, 6.07) is 0. The van der Waals surface area contributed by atoms with Crippen LogP contribution in [-0.4, -0.2) is 14.2 Å². The molecular weight excluding hydrogens is 198 g/mol. The monoisotopic (exact) mass is 217 g/mol. The van der Waals surface area contributed by atoms with Crippen LogP contribution in [0.1, 0.15) is 33.1 Å². The summed E-state index contributed by atoms with van der Waals surface area (Å²) < 4.78 is 22.1. The molecule has 3 aliphatic carbocycles. The second-order valence-corrected chi connectivity index (χ2v) is 7.19. The van der Waals surface area contributed by atoms with E-state index in [0.717, 1.165) is 12.3 Å². The highest BCUT2D eigenvalue weighted by atomic mass is 32.2. The normalized spacial score (nSPS) is 40.4. The van der Waals surface area contributed by atoms with Crippen LogP contribution in [0.25, 0.3) is 0 Å². The molecule has 0 aliphatic heterocycles. The standard InChI is InChI=1S/C10H19NO2S/c1-10(2)8-4-3-7(9(10)5-8)6-14(11,12)13/h7-9H,3-6H2,1-2H3,(H2,11,12,13). The van der Waals surface area contributed by atoms with E-state index in [4.69, 9.17) is 5.14 Å². The van der Waals surface area contributed by atoms with E-state index in [1.54, 1.807) is 0 Å². The van der Waals surface area contributed by atoms with Gasteiger partial charge in [-0.05, 0) is 42.4 Å². The Kier molecular flexibility index (Phi) is 2.20. The van der Waals surface area contributed by atoms with Gasteiger partial charge in [0.15, 0.2) is 0 Å². The second kappa shape index (κ2) is 2.95. The Balaban J connectivity index is 2.08. The molecule has 0 aromatic rings. The zero-order chi connectivity index (χ0) is 10.6. The lowest BCUT2D eigenvalue weighted by atomic mass is 9.46. The fraction of sp³-hybridized carbons (Fsp3) is 1.00. The Hall–Kier alpha value is -0.0900. The van der Waals surface area contributed by atoms with Gasteiger partial charge >= 0.3 is 0 Å². The van der Waals surface area contributed by atoms with Crippen LogP contribution < -0.4 is 5.14 Å². The molecule has 0 radical (unpaired) electrons. The van der Waals surface area contributed by atoms with E-state index in [0.29, 0.717) is 17.3 Å². The predicted octanol–water partition coefficient (Wildman–Crippen LogP) is 1.35. The minimum absolute atomic E-state index is 0.188. The van der Waals surface area contributed by atoms with Crippen LogP contribution in [-0.2, 0) is 10.0 Å². The fourth-order valence-electron chi connectivity index (χ4n) is 3.46. The Morgan fingerprint density at radius 1 is 1.36 bits per heavy atom. The summed E-state index contributed by atoms with van der Waals surface area (Å²) in [5, 5.41) is 5.11. The quantitative estimate of drug-likeness (QED) is 0.759. The number of sulfonamides is 1. The van der Waals surface area contributed by atoms with Crippen molar-refractivity contribution in [2.75, 3.05) is 5.75 Å². The molecule has 0 saturated heterocycles. The molecule has 2 N–H and O–H groups in total. The molecule has 3 aliphatic rings. The molecule has 0 aromatic carbocycles. The molecule has 2 bridgehead atoms. The molecule has 4 heteroatoms. The number of rotatable bonds is 2. The zero-order valence-electron chi connectivity index (χ0n) is 8.86. The van der Waals surface area contributed by atoms with Crippen LogP contribution in [0, 0.1) is 23.2 Å². The van der Waals surface area contributed by atoms with Crippen molar-refractivity contribution in [2.45, 2.75) is 33.1 Å². The van der Waals surface area contributed by atoms with Crippen LogP contribution >= 0.6 is 0 Å². The Morgan fingerprint density at radius 2 is 2.00 bits per heavy atom. The molecule has 3 unspecified atom stereocenters. The van der Waals surface area contributed by atoms with Crippen molar-refractivity contribution in [1.82, 2.24) is 0 Å². The third-order valence-electron chi connectivity index (χ3n) is 4.45. The molecule has 0 amide bonds. The van der Waals surface area contributed by atoms with Gasteiger partial charge in [0.2, 0.25) is 10.0 Å². The van der Waals surface area contributed by atoms with Gasteiger partial charge in [0.25, 0.3) is 0 Å². The molecular formula is C10H19NO2S. The van der Waals surface area contributed by atoms with E-state index in [1.807, 2.05) is 0 Å². The van der Waals surface area contributed by atoms with Gasteiger partial charge in [-0.25, -0.2) is 13.6 Å². The lowest BCUT2D eigenvalue weighted by Gasteiger charge is -2.60. The summed E-state index contributed by atoms with van der Waals surface area (Å²) in [4.78, 5) is 0. The summed E-state index contributed by atoms with van der Waals surface area (Å²) in [6.07, 6.45) is 3.45. The zero-order valence-corrected chi connectivity index (χ0v) is 9.68. The molecule has 0 spiro atoms. The molecule has 3 fully saturated rings. The Bertz CT molecular complexity index is 332. The van der Waals surface area contributed by atoms with E-state index < -0.39 is 10.0 Å². The van der Waals surface area contributed by atoms with E-state index in [9.17, 15) is 8.42 Å². The topological polar surface area (TPSA) is 60.2 Å². The minimum atomic E-state index is -3.28. The molecule has 0 heterocycles. The highest BCUT2D eigenvalue weighted by molar-refractivity contribution is 7.89. The van der Waals surface area contributed by atoms with Gasteiger partial charge in [0.1, 0.15) is 0 Å². The second-order valence-electron chi connectivity index (χ2n) is 5.53. The van der Waals surface area contributed by atoms with Crippen LogP contribution in [0.15, 0.2) is 0 Å². The smallest absolute Gasteiger partial charge is 0.209 e. The Labute approximate surface area is 86.1 Å². The average Bonchev–Trinajstić information content (AvgIpc) is 2.00. The van der Waals surface area contributed by atoms with Crippen LogP contribution in [0.4, 0.5) is 0 Å². The van der Waals surface area contributed by atoms with Crippen molar-refractivity contribution >= 4 is 10.0 Å². The maximum absolute atomic E-state index is 11.1. The summed E-state index contributed by atoms with van der Waals surface area (Å²) in [7, 11) is -3.28. The van der Waals surface area contributed by atoms with E-state index in [2.05, 4.69) is 13.8 Å². The first kappa shape index (κ1) is 10.4. The average molecular weight is 217 g/mol. The third-order valence-corrected chi connectivity index (χ3v) is 5.34. The maximum Gasteiger partial charge on any atom is 0.209 e. The van der Waals surface area contributed by atoms with Crippen LogP contribution in [0.3, 0.4) is 0 Å². The number of nitrogens with two attached hydrogens (primary N) is 1. The molecule has 3 saturated carbocycles. The summed E-state index contributed by atoms with van der Waals surface area (Å²) in [6.45, 7) is 4.53. The molecule has 3 atom stereocenters. The first-order chi connectivity index (χ1) is 6.31. The van der Waals surface area contributed by atoms with Gasteiger partial charge in [-0.1, -0.05) is 13.8 Å². The number of hydrogen-bond acceptors (Lipinski definition) is 2. The maximum atomic E-state index is 11.1. The minimum Gasteiger partial charge on any atom is -0.229 e. The van der Waals surface area contributed by atoms with Crippen molar-refractivity contribution in [1.29, 1.82) is 0 Å². The highest BCUT2D eigenvalue weighted by Crippen LogP contribution is 2.61. The predicted molar refractivity (Wildman–Crippen MR) is 56.1 cm³/mol. The number of primary sulfonamides is 1. The van der Waals surface area contributed by atoms with Crippen molar-refractivity contribution in [3.8, 4) is 0 Å². The Morgan fingerprint density at radius 3 is 2.43 bits per heavy atom. The first-order valence-electron chi connectivity index (χ1n) is 5.31. The van der Waals surface area contributed by atoms with Crippen molar-refractivity contribution in [3.63, 3.8) is 0 Å². The van der Waals surface area contributed by atoms with Crippen LogP contribution in [0.5, 0.6) is 0 Å². The van der Waals surface area contributed by atoms with Gasteiger partial charge in [-0.3, -0.25) is 0 Å². The molecule has 3 rings (SSSR count). The summed E-state index contributed by atoms with van der Waals surface area (Å²) in [5.41, 5.74) is 0.355.